The molecule has 5 rings (SSSR count). The van der Waals surface area contributed by atoms with E-state index in [4.69, 9.17) is 5.73 Å². The van der Waals surface area contributed by atoms with Crippen LogP contribution in [0.25, 0.3) is 33.3 Å². The van der Waals surface area contributed by atoms with Crippen molar-refractivity contribution in [1.82, 2.24) is 19.9 Å². The summed E-state index contributed by atoms with van der Waals surface area (Å²) in [5.41, 5.74) is 11.0. The van der Waals surface area contributed by atoms with E-state index in [9.17, 15) is 8.42 Å². The third-order valence-electron chi connectivity index (χ3n) is 6.00. The van der Waals surface area contributed by atoms with Gasteiger partial charge in [0.2, 0.25) is 0 Å². The summed E-state index contributed by atoms with van der Waals surface area (Å²) in [6.07, 6.45) is 4.76. The van der Waals surface area contributed by atoms with Gasteiger partial charge < -0.3 is 15.7 Å². The Bertz CT molecular complexity index is 1350. The zero-order valence-corrected chi connectivity index (χ0v) is 17.7. The molecule has 8 heteroatoms. The van der Waals surface area contributed by atoms with Crippen LogP contribution in [0.5, 0.6) is 0 Å². The first-order chi connectivity index (χ1) is 14.4. The van der Waals surface area contributed by atoms with Gasteiger partial charge >= 0.3 is 0 Å². The lowest BCUT2D eigenvalue weighted by Gasteiger charge is -2.21. The number of H-pyrrole nitrogens is 2. The van der Waals surface area contributed by atoms with Crippen LogP contribution in [-0.2, 0) is 15.6 Å². The fourth-order valence-corrected chi connectivity index (χ4v) is 6.46. The Morgan fingerprint density at radius 1 is 1.07 bits per heavy atom. The maximum absolute atomic E-state index is 12.9. The normalized spacial score (nSPS) is 15.9. The Labute approximate surface area is 175 Å². The first kappa shape index (κ1) is 19.1. The number of aromatic nitrogens is 4. The molecule has 0 unspecified atom stereocenters. The molecular formula is C22H25N5O2S. The second kappa shape index (κ2) is 7.12. The van der Waals surface area contributed by atoms with Gasteiger partial charge in [-0.25, -0.2) is 18.4 Å². The van der Waals surface area contributed by atoms with Crippen molar-refractivity contribution in [3.8, 4) is 11.3 Å². The fraction of sp³-hybridized carbons (Fsp3) is 0.364. The Morgan fingerprint density at radius 3 is 2.67 bits per heavy atom. The minimum absolute atomic E-state index is 0.0975. The van der Waals surface area contributed by atoms with Crippen molar-refractivity contribution < 1.29 is 8.42 Å². The van der Waals surface area contributed by atoms with Gasteiger partial charge in [-0.15, -0.1) is 0 Å². The van der Waals surface area contributed by atoms with E-state index in [1.807, 2.05) is 37.3 Å². The average Bonchev–Trinajstić information content (AvgIpc) is 3.29. The summed E-state index contributed by atoms with van der Waals surface area (Å²) in [7, 11) is -3.13. The summed E-state index contributed by atoms with van der Waals surface area (Å²) in [4.78, 5) is 15.3. The topological polar surface area (TPSA) is 118 Å². The summed E-state index contributed by atoms with van der Waals surface area (Å²) in [6.45, 7) is 1.88. The van der Waals surface area contributed by atoms with Gasteiger partial charge in [-0.1, -0.05) is 25.3 Å². The number of rotatable bonds is 4. The molecule has 0 amide bonds. The number of aromatic amines is 2. The summed E-state index contributed by atoms with van der Waals surface area (Å²) in [6, 6.07) is 9.66. The highest BCUT2D eigenvalue weighted by molar-refractivity contribution is 7.91. The monoisotopic (exact) mass is 423 g/mol. The quantitative estimate of drug-likeness (QED) is 0.454. The molecule has 1 aliphatic carbocycles. The van der Waals surface area contributed by atoms with Crippen LogP contribution in [0.15, 0.2) is 30.3 Å². The Morgan fingerprint density at radius 2 is 1.87 bits per heavy atom. The van der Waals surface area contributed by atoms with Crippen molar-refractivity contribution in [2.75, 3.05) is 5.73 Å². The molecule has 3 aromatic heterocycles. The second-order valence-corrected chi connectivity index (χ2v) is 10.6. The summed E-state index contributed by atoms with van der Waals surface area (Å²) in [5, 5.41) is 0.779. The highest BCUT2D eigenvalue weighted by Crippen LogP contribution is 2.32. The number of nitrogens with one attached hydrogen (secondary N) is 2. The fourth-order valence-electron chi connectivity index (χ4n) is 4.53. The smallest absolute Gasteiger partial charge is 0.180 e. The van der Waals surface area contributed by atoms with E-state index in [1.54, 1.807) is 0 Å². The van der Waals surface area contributed by atoms with Gasteiger partial charge in [0.1, 0.15) is 11.6 Å². The lowest BCUT2D eigenvalue weighted by atomic mass is 10.0. The molecule has 30 heavy (non-hydrogen) atoms. The molecule has 0 aliphatic heterocycles. The van der Waals surface area contributed by atoms with Gasteiger partial charge in [0, 0.05) is 22.2 Å². The molecule has 0 spiro atoms. The van der Waals surface area contributed by atoms with Crippen LogP contribution < -0.4 is 5.73 Å². The summed E-state index contributed by atoms with van der Waals surface area (Å²) in [5.74, 6) is 1.28. The lowest BCUT2D eigenvalue weighted by Crippen LogP contribution is -2.25. The van der Waals surface area contributed by atoms with E-state index in [-0.39, 0.29) is 11.0 Å². The number of sulfone groups is 1. The average molecular weight is 424 g/mol. The molecule has 3 heterocycles. The first-order valence-electron chi connectivity index (χ1n) is 10.4. The van der Waals surface area contributed by atoms with Crippen LogP contribution in [0.3, 0.4) is 0 Å². The molecule has 4 aromatic rings. The number of nitrogen functional groups attached to an aromatic ring is 1. The highest BCUT2D eigenvalue weighted by atomic mass is 32.2. The molecule has 0 radical (unpaired) electrons. The Hall–Kier alpha value is -2.87. The van der Waals surface area contributed by atoms with Crippen LogP contribution in [-0.4, -0.2) is 33.6 Å². The van der Waals surface area contributed by atoms with Gasteiger partial charge in [0.25, 0.3) is 0 Å². The lowest BCUT2D eigenvalue weighted by molar-refractivity contribution is 0.483. The van der Waals surface area contributed by atoms with E-state index >= 15 is 0 Å². The molecule has 7 nitrogen and oxygen atoms in total. The Balaban J connectivity index is 1.51. The minimum atomic E-state index is -3.13. The summed E-state index contributed by atoms with van der Waals surface area (Å²) < 4.78 is 25.7. The van der Waals surface area contributed by atoms with Crippen molar-refractivity contribution in [3.63, 3.8) is 0 Å². The number of hydrogen-bond acceptors (Lipinski definition) is 5. The van der Waals surface area contributed by atoms with E-state index in [0.717, 1.165) is 71.2 Å². The maximum atomic E-state index is 12.9. The van der Waals surface area contributed by atoms with Gasteiger partial charge in [-0.2, -0.15) is 0 Å². The molecule has 1 fully saturated rings. The highest BCUT2D eigenvalue weighted by Gasteiger charge is 2.27. The summed E-state index contributed by atoms with van der Waals surface area (Å²) >= 11 is 0. The number of hydrogen-bond donors (Lipinski definition) is 3. The number of fused-ring (bicyclic) bond motifs is 2. The largest absolute Gasteiger partial charge is 0.384 e. The number of benzene rings is 1. The molecule has 1 aliphatic rings. The number of anilines is 1. The van der Waals surface area contributed by atoms with Gasteiger partial charge in [0.05, 0.1) is 16.5 Å². The third-order valence-corrected chi connectivity index (χ3v) is 8.23. The van der Waals surface area contributed by atoms with Gasteiger partial charge in [-0.05, 0) is 49.6 Å². The molecule has 0 saturated heterocycles. The zero-order valence-electron chi connectivity index (χ0n) is 16.9. The van der Waals surface area contributed by atoms with Crippen molar-refractivity contribution in [1.29, 1.82) is 0 Å². The molecule has 0 atom stereocenters. The molecule has 0 bridgehead atoms. The van der Waals surface area contributed by atoms with Gasteiger partial charge in [-0.3, -0.25) is 0 Å². The number of pyridine rings is 1. The molecule has 156 valence electrons. The molecule has 4 N–H and O–H groups in total. The van der Waals surface area contributed by atoms with E-state index in [2.05, 4.69) is 19.9 Å². The predicted octanol–water partition coefficient (Wildman–Crippen LogP) is 4.24. The number of nitrogens with two attached hydrogens (primary N) is 1. The van der Waals surface area contributed by atoms with Crippen molar-refractivity contribution in [2.24, 2.45) is 0 Å². The molecule has 1 saturated carbocycles. The molecular weight excluding hydrogens is 398 g/mol. The van der Waals surface area contributed by atoms with E-state index < -0.39 is 9.84 Å². The standard InChI is InChI=1S/C22H25N5O2S/c1-13-24-21-17(11-20(23)27-22(21)25-13)19-10-15-9-14(7-8-18(15)26-19)12-30(28,29)16-5-3-2-4-6-16/h7-11,16,26H,2-6,12H2,1H3,(H3,23,24,25,27). The van der Waals surface area contributed by atoms with Gasteiger partial charge in [0.15, 0.2) is 15.5 Å². The van der Waals surface area contributed by atoms with Crippen LogP contribution in [0.1, 0.15) is 43.5 Å². The second-order valence-electron chi connectivity index (χ2n) is 8.29. The van der Waals surface area contributed by atoms with Crippen molar-refractivity contribution in [2.45, 2.75) is 50.0 Å². The number of aryl methyl sites for hydroxylation is 1. The number of nitrogens with zero attached hydrogens (tertiary/aromatic N) is 2. The molecule has 1 aromatic carbocycles. The van der Waals surface area contributed by atoms with E-state index in [0.29, 0.717) is 11.5 Å². The Kier molecular flexibility index (Phi) is 4.54. The van der Waals surface area contributed by atoms with Crippen molar-refractivity contribution in [3.05, 3.63) is 41.7 Å². The van der Waals surface area contributed by atoms with Crippen LogP contribution in [0.4, 0.5) is 5.82 Å². The first-order valence-corrected chi connectivity index (χ1v) is 12.1. The van der Waals surface area contributed by atoms with Crippen LogP contribution >= 0.6 is 0 Å². The minimum Gasteiger partial charge on any atom is -0.384 e. The van der Waals surface area contributed by atoms with Crippen molar-refractivity contribution >= 4 is 37.7 Å². The van der Waals surface area contributed by atoms with E-state index in [1.165, 1.54) is 0 Å². The maximum Gasteiger partial charge on any atom is 0.180 e. The third kappa shape index (κ3) is 3.45. The van der Waals surface area contributed by atoms with Crippen LogP contribution in [0, 0.1) is 6.92 Å². The van der Waals surface area contributed by atoms with Crippen LogP contribution in [0.2, 0.25) is 0 Å². The number of imidazole rings is 1. The SMILES string of the molecule is Cc1nc2nc(N)cc(-c3cc4cc(CS(=O)(=O)C5CCCCC5)ccc4[nH]3)c2[nH]1. The predicted molar refractivity (Wildman–Crippen MR) is 120 cm³/mol. The zero-order chi connectivity index (χ0) is 20.9.